The first kappa shape index (κ1) is 21.0. The number of aromatic nitrogens is 1. The highest BCUT2D eigenvalue weighted by molar-refractivity contribution is 5.97. The lowest BCUT2D eigenvalue weighted by Crippen LogP contribution is -2.43. The first-order valence-electron chi connectivity index (χ1n) is 11.6. The maximum absolute atomic E-state index is 13.2. The van der Waals surface area contributed by atoms with E-state index in [-0.39, 0.29) is 5.91 Å². The molecule has 3 heterocycles. The van der Waals surface area contributed by atoms with Gasteiger partial charge in [-0.2, -0.15) is 0 Å². The molecular weight excluding hydrogens is 370 g/mol. The van der Waals surface area contributed by atoms with E-state index in [2.05, 4.69) is 46.8 Å². The zero-order valence-electron chi connectivity index (χ0n) is 18.6. The summed E-state index contributed by atoms with van der Waals surface area (Å²) in [5.74, 6) is 0.828. The molecule has 1 saturated heterocycles. The van der Waals surface area contributed by atoms with Crippen molar-refractivity contribution in [2.75, 3.05) is 32.7 Å². The van der Waals surface area contributed by atoms with Gasteiger partial charge in [0.25, 0.3) is 5.91 Å². The number of fused-ring (bicyclic) bond motifs is 1. The summed E-state index contributed by atoms with van der Waals surface area (Å²) in [7, 11) is 0. The van der Waals surface area contributed by atoms with Crippen LogP contribution in [0.4, 0.5) is 0 Å². The van der Waals surface area contributed by atoms with E-state index in [1.54, 1.807) is 0 Å². The Morgan fingerprint density at radius 1 is 1.13 bits per heavy atom. The number of aryl methyl sites for hydroxylation is 3. The van der Waals surface area contributed by atoms with Gasteiger partial charge in [-0.05, 0) is 99.3 Å². The SMILES string of the molecule is Cc1cc2c(cc1C)C(=O)N(CC1CCCCN(CCCc3cccnc3)C1)CC2. The number of benzene rings is 1. The summed E-state index contributed by atoms with van der Waals surface area (Å²) >= 11 is 0. The molecule has 1 unspecified atom stereocenters. The van der Waals surface area contributed by atoms with Crippen molar-refractivity contribution in [1.29, 1.82) is 0 Å². The highest BCUT2D eigenvalue weighted by Crippen LogP contribution is 2.25. The van der Waals surface area contributed by atoms with Gasteiger partial charge in [0.15, 0.2) is 0 Å². The Morgan fingerprint density at radius 3 is 2.83 bits per heavy atom. The molecule has 1 fully saturated rings. The predicted molar refractivity (Wildman–Crippen MR) is 122 cm³/mol. The number of carbonyl (C=O) groups excluding carboxylic acids is 1. The maximum atomic E-state index is 13.2. The number of hydrogen-bond donors (Lipinski definition) is 0. The second-order valence-corrected chi connectivity index (χ2v) is 9.22. The number of pyridine rings is 1. The topological polar surface area (TPSA) is 36.4 Å². The highest BCUT2D eigenvalue weighted by Gasteiger charge is 2.28. The Bertz CT molecular complexity index is 864. The fourth-order valence-corrected chi connectivity index (χ4v) is 5.02. The van der Waals surface area contributed by atoms with Gasteiger partial charge in [-0.15, -0.1) is 0 Å². The van der Waals surface area contributed by atoms with E-state index < -0.39 is 0 Å². The molecule has 0 spiro atoms. The van der Waals surface area contributed by atoms with Crippen molar-refractivity contribution in [3.05, 3.63) is 64.5 Å². The summed E-state index contributed by atoms with van der Waals surface area (Å²) < 4.78 is 0. The number of carbonyl (C=O) groups is 1. The number of nitrogens with zero attached hydrogens (tertiary/aromatic N) is 3. The fourth-order valence-electron chi connectivity index (χ4n) is 5.02. The Hall–Kier alpha value is -2.20. The molecule has 160 valence electrons. The van der Waals surface area contributed by atoms with E-state index in [4.69, 9.17) is 0 Å². The van der Waals surface area contributed by atoms with Gasteiger partial charge in [-0.25, -0.2) is 0 Å². The number of rotatable bonds is 6. The predicted octanol–water partition coefficient (Wildman–Crippen LogP) is 4.43. The molecule has 2 aromatic rings. The summed E-state index contributed by atoms with van der Waals surface area (Å²) in [5, 5.41) is 0. The first-order chi connectivity index (χ1) is 14.6. The number of amides is 1. The van der Waals surface area contributed by atoms with Crippen LogP contribution in [0, 0.1) is 19.8 Å². The Morgan fingerprint density at radius 2 is 2.00 bits per heavy atom. The van der Waals surface area contributed by atoms with E-state index in [1.807, 2.05) is 18.5 Å². The van der Waals surface area contributed by atoms with Gasteiger partial charge < -0.3 is 9.80 Å². The molecular formula is C26H35N3O. The second-order valence-electron chi connectivity index (χ2n) is 9.22. The van der Waals surface area contributed by atoms with Crippen LogP contribution in [0.5, 0.6) is 0 Å². The fraction of sp³-hybridized carbons (Fsp3) is 0.538. The third-order valence-corrected chi connectivity index (χ3v) is 6.88. The van der Waals surface area contributed by atoms with Gasteiger partial charge >= 0.3 is 0 Å². The zero-order chi connectivity index (χ0) is 20.9. The van der Waals surface area contributed by atoms with E-state index in [9.17, 15) is 4.79 Å². The molecule has 0 aliphatic carbocycles. The molecule has 2 aliphatic rings. The van der Waals surface area contributed by atoms with Gasteiger partial charge in [-0.1, -0.05) is 18.6 Å². The van der Waals surface area contributed by atoms with Crippen molar-refractivity contribution in [3.63, 3.8) is 0 Å². The van der Waals surface area contributed by atoms with Crippen LogP contribution in [0.25, 0.3) is 0 Å². The smallest absolute Gasteiger partial charge is 0.254 e. The third-order valence-electron chi connectivity index (χ3n) is 6.88. The molecule has 1 amide bonds. The first-order valence-corrected chi connectivity index (χ1v) is 11.6. The average molecular weight is 406 g/mol. The molecule has 1 aromatic carbocycles. The van der Waals surface area contributed by atoms with Gasteiger partial charge in [0.05, 0.1) is 0 Å². The van der Waals surface area contributed by atoms with Gasteiger partial charge in [-0.3, -0.25) is 9.78 Å². The Balaban J connectivity index is 1.33. The van der Waals surface area contributed by atoms with Gasteiger partial charge in [0.1, 0.15) is 0 Å². The van der Waals surface area contributed by atoms with E-state index in [0.29, 0.717) is 5.92 Å². The van der Waals surface area contributed by atoms with E-state index >= 15 is 0 Å². The van der Waals surface area contributed by atoms with Crippen LogP contribution in [0.15, 0.2) is 36.7 Å². The molecule has 0 bridgehead atoms. The standard InChI is InChI=1S/C26H35N3O/c1-20-15-24-10-14-29(26(30)25(24)16-21(20)2)19-23-7-3-4-12-28(18-23)13-6-9-22-8-5-11-27-17-22/h5,8,11,15-17,23H,3-4,6-7,9-10,12-14,18-19H2,1-2H3. The largest absolute Gasteiger partial charge is 0.338 e. The molecule has 0 N–H and O–H groups in total. The highest BCUT2D eigenvalue weighted by atomic mass is 16.2. The van der Waals surface area contributed by atoms with Gasteiger partial charge in [0.2, 0.25) is 0 Å². The summed E-state index contributed by atoms with van der Waals surface area (Å²) in [6.07, 6.45) is 10.9. The average Bonchev–Trinajstić information content (AvgIpc) is 2.97. The molecule has 30 heavy (non-hydrogen) atoms. The molecule has 1 aromatic heterocycles. The molecule has 4 heteroatoms. The maximum Gasteiger partial charge on any atom is 0.254 e. The van der Waals surface area contributed by atoms with Crippen molar-refractivity contribution in [2.24, 2.45) is 5.92 Å². The van der Waals surface area contributed by atoms with Crippen molar-refractivity contribution in [3.8, 4) is 0 Å². The van der Waals surface area contributed by atoms with Crippen molar-refractivity contribution < 1.29 is 4.79 Å². The second kappa shape index (κ2) is 9.74. The summed E-state index contributed by atoms with van der Waals surface area (Å²) in [6, 6.07) is 8.52. The lowest BCUT2D eigenvalue weighted by atomic mass is 9.93. The van der Waals surface area contributed by atoms with Crippen molar-refractivity contribution >= 4 is 5.91 Å². The number of hydrogen-bond acceptors (Lipinski definition) is 3. The molecule has 4 rings (SSSR count). The van der Waals surface area contributed by atoms with Crippen LogP contribution in [0.3, 0.4) is 0 Å². The minimum atomic E-state index is 0.242. The lowest BCUT2D eigenvalue weighted by Gasteiger charge is -2.33. The van der Waals surface area contributed by atoms with E-state index in [0.717, 1.165) is 44.6 Å². The lowest BCUT2D eigenvalue weighted by molar-refractivity contribution is 0.0695. The molecule has 0 radical (unpaired) electrons. The summed E-state index contributed by atoms with van der Waals surface area (Å²) in [5.41, 5.74) is 6.01. The quantitative estimate of drug-likeness (QED) is 0.713. The van der Waals surface area contributed by atoms with Gasteiger partial charge in [0, 0.05) is 37.6 Å². The summed E-state index contributed by atoms with van der Waals surface area (Å²) in [4.78, 5) is 22.1. The molecule has 2 aliphatic heterocycles. The normalized spacial score (nSPS) is 20.1. The summed E-state index contributed by atoms with van der Waals surface area (Å²) in [6.45, 7) is 9.48. The monoisotopic (exact) mass is 405 g/mol. The van der Waals surface area contributed by atoms with Crippen LogP contribution in [0.2, 0.25) is 0 Å². The molecule has 1 atom stereocenters. The van der Waals surface area contributed by atoms with Crippen LogP contribution in [-0.2, 0) is 12.8 Å². The van der Waals surface area contributed by atoms with Crippen molar-refractivity contribution in [2.45, 2.75) is 52.4 Å². The van der Waals surface area contributed by atoms with Crippen LogP contribution in [0.1, 0.15) is 58.3 Å². The Kier molecular flexibility index (Phi) is 6.83. The third kappa shape index (κ3) is 5.10. The van der Waals surface area contributed by atoms with Crippen LogP contribution < -0.4 is 0 Å². The minimum absolute atomic E-state index is 0.242. The molecule has 4 nitrogen and oxygen atoms in total. The number of likely N-dealkylation sites (tertiary alicyclic amines) is 1. The van der Waals surface area contributed by atoms with E-state index in [1.165, 1.54) is 54.5 Å². The Labute approximate surface area is 181 Å². The minimum Gasteiger partial charge on any atom is -0.338 e. The molecule has 0 saturated carbocycles. The van der Waals surface area contributed by atoms with Crippen molar-refractivity contribution in [1.82, 2.24) is 14.8 Å². The van der Waals surface area contributed by atoms with Crippen LogP contribution >= 0.6 is 0 Å². The van der Waals surface area contributed by atoms with Crippen LogP contribution in [-0.4, -0.2) is 53.4 Å². The zero-order valence-corrected chi connectivity index (χ0v) is 18.6.